The Morgan fingerprint density at radius 2 is 2.11 bits per heavy atom. The molecule has 5 aromatic rings. The molecule has 0 aliphatic carbocycles. The number of rotatable bonds is 5. The average molecular weight is 501 g/mol. The number of nitrogens with zero attached hydrogens (tertiary/aromatic N) is 7. The topological polar surface area (TPSA) is 95.5 Å². The largest absolute Gasteiger partial charge is 0.377 e. The van der Waals surface area contributed by atoms with Crippen LogP contribution < -0.4 is 10.9 Å². The normalized spacial score (nSPS) is 15.9. The summed E-state index contributed by atoms with van der Waals surface area (Å²) in [6.45, 7) is 8.69. The van der Waals surface area contributed by atoms with Crippen LogP contribution in [0.1, 0.15) is 36.6 Å². The summed E-state index contributed by atoms with van der Waals surface area (Å²) in [5.41, 5.74) is 4.18. The fraction of sp³-hybridized carbons (Fsp3) is 0.269. The molecule has 36 heavy (non-hydrogen) atoms. The number of hydrogen-bond acceptors (Lipinski definition) is 6. The maximum atomic E-state index is 13.6. The van der Waals surface area contributed by atoms with Gasteiger partial charge in [0.25, 0.3) is 5.56 Å². The van der Waals surface area contributed by atoms with E-state index in [-0.39, 0.29) is 17.6 Å². The number of pyridine rings is 2. The highest BCUT2D eigenvalue weighted by atomic mass is 35.5. The molecule has 0 saturated heterocycles. The molecule has 1 aliphatic rings. The molecule has 4 aromatic heterocycles. The Labute approximate surface area is 212 Å². The van der Waals surface area contributed by atoms with Gasteiger partial charge in [-0.1, -0.05) is 23.7 Å². The van der Waals surface area contributed by atoms with Crippen molar-refractivity contribution in [3.63, 3.8) is 0 Å². The Bertz CT molecular complexity index is 1730. The van der Waals surface area contributed by atoms with Crippen molar-refractivity contribution in [2.75, 3.05) is 5.32 Å². The van der Waals surface area contributed by atoms with Gasteiger partial charge in [0.2, 0.25) is 5.82 Å². The van der Waals surface area contributed by atoms with Crippen LogP contribution in [0.3, 0.4) is 0 Å². The van der Waals surface area contributed by atoms with E-state index in [1.165, 1.54) is 0 Å². The summed E-state index contributed by atoms with van der Waals surface area (Å²) in [5.74, 6) is 0.480. The Morgan fingerprint density at radius 1 is 1.28 bits per heavy atom. The Morgan fingerprint density at radius 3 is 2.86 bits per heavy atom. The second-order valence-corrected chi connectivity index (χ2v) is 9.68. The number of allylic oxidation sites excluding steroid dienone is 1. The zero-order valence-corrected chi connectivity index (χ0v) is 21.0. The molecular weight excluding hydrogens is 476 g/mol. The molecule has 0 fully saturated rings. The molecule has 182 valence electrons. The second kappa shape index (κ2) is 8.30. The smallest absolute Gasteiger partial charge is 0.260 e. The van der Waals surface area contributed by atoms with Crippen LogP contribution in [-0.2, 0) is 13.6 Å². The maximum Gasteiger partial charge on any atom is 0.260 e. The van der Waals surface area contributed by atoms with Gasteiger partial charge in [-0.05, 0) is 49.6 Å². The SMILES string of the molecule is C=CC1CCn2c(=O)c3cc(C)cc(C(C)Nc4ccc(Cl)nc4-c4ncn(C)n4)c3c3cnn1c32. The van der Waals surface area contributed by atoms with Gasteiger partial charge < -0.3 is 5.32 Å². The van der Waals surface area contributed by atoms with E-state index >= 15 is 0 Å². The molecule has 1 N–H and O–H groups in total. The van der Waals surface area contributed by atoms with Crippen molar-refractivity contribution in [2.24, 2.45) is 7.05 Å². The number of aryl methyl sites for hydroxylation is 3. The zero-order chi connectivity index (χ0) is 25.1. The van der Waals surface area contributed by atoms with E-state index < -0.39 is 0 Å². The highest BCUT2D eigenvalue weighted by Gasteiger charge is 2.26. The first-order chi connectivity index (χ1) is 17.4. The van der Waals surface area contributed by atoms with Gasteiger partial charge in [0.1, 0.15) is 22.8 Å². The van der Waals surface area contributed by atoms with Gasteiger partial charge in [-0.15, -0.1) is 11.7 Å². The number of fused-ring (bicyclic) bond motifs is 2. The molecule has 0 amide bonds. The summed E-state index contributed by atoms with van der Waals surface area (Å²) in [4.78, 5) is 22.5. The van der Waals surface area contributed by atoms with Crippen molar-refractivity contribution < 1.29 is 0 Å². The number of benzene rings is 1. The molecule has 0 saturated carbocycles. The Kier molecular flexibility index (Phi) is 5.19. The van der Waals surface area contributed by atoms with Gasteiger partial charge in [0.15, 0.2) is 0 Å². The van der Waals surface area contributed by atoms with Crippen molar-refractivity contribution in [3.05, 3.63) is 76.1 Å². The zero-order valence-electron chi connectivity index (χ0n) is 20.2. The monoisotopic (exact) mass is 500 g/mol. The third-order valence-electron chi connectivity index (χ3n) is 6.83. The molecular formula is C26H25ClN8O. The van der Waals surface area contributed by atoms with E-state index in [4.69, 9.17) is 11.6 Å². The molecule has 9 nitrogen and oxygen atoms in total. The lowest BCUT2D eigenvalue weighted by Crippen LogP contribution is -2.29. The van der Waals surface area contributed by atoms with E-state index in [0.717, 1.165) is 39.7 Å². The fourth-order valence-corrected chi connectivity index (χ4v) is 5.35. The van der Waals surface area contributed by atoms with Crippen molar-refractivity contribution in [2.45, 2.75) is 38.9 Å². The standard InChI is InChI=1S/C26H25ClN8O/c1-5-16-8-9-34-25-19(12-29-35(16)25)22-17(10-14(2)11-18(22)26(34)36)15(3)30-20-6-7-21(27)31-23(20)24-28-13-33(4)32-24/h5-7,10-13,15-16,30H,1,8-9H2,2-4H3. The molecule has 2 unspecified atom stereocenters. The van der Waals surface area contributed by atoms with Crippen molar-refractivity contribution in [3.8, 4) is 11.5 Å². The summed E-state index contributed by atoms with van der Waals surface area (Å²) in [6.07, 6.45) is 6.18. The number of hydrogen-bond donors (Lipinski definition) is 1. The van der Waals surface area contributed by atoms with Crippen molar-refractivity contribution in [1.29, 1.82) is 0 Å². The molecule has 0 bridgehead atoms. The number of halogens is 1. The predicted molar refractivity (Wildman–Crippen MR) is 141 cm³/mol. The summed E-state index contributed by atoms with van der Waals surface area (Å²) >= 11 is 6.21. The van der Waals surface area contributed by atoms with E-state index in [1.54, 1.807) is 24.1 Å². The van der Waals surface area contributed by atoms with Gasteiger partial charge in [-0.25, -0.2) is 14.6 Å². The summed E-state index contributed by atoms with van der Waals surface area (Å²) in [6, 6.07) is 7.61. The summed E-state index contributed by atoms with van der Waals surface area (Å²) < 4.78 is 5.39. The summed E-state index contributed by atoms with van der Waals surface area (Å²) in [5, 5.41) is 15.6. The Balaban J connectivity index is 1.54. The molecule has 0 radical (unpaired) electrons. The lowest BCUT2D eigenvalue weighted by molar-refractivity contribution is 0.432. The van der Waals surface area contributed by atoms with E-state index in [1.807, 2.05) is 40.6 Å². The molecule has 10 heteroatoms. The lowest BCUT2D eigenvalue weighted by atomic mass is 9.95. The third kappa shape index (κ3) is 3.42. The van der Waals surface area contributed by atoms with Gasteiger partial charge in [-0.3, -0.25) is 14.0 Å². The second-order valence-electron chi connectivity index (χ2n) is 9.29. The van der Waals surface area contributed by atoms with Crippen molar-refractivity contribution in [1.82, 2.24) is 34.1 Å². The minimum atomic E-state index is -0.169. The van der Waals surface area contributed by atoms with Gasteiger partial charge in [0.05, 0.1) is 17.9 Å². The third-order valence-corrected chi connectivity index (χ3v) is 7.04. The molecule has 1 aromatic carbocycles. The highest BCUT2D eigenvalue weighted by Crippen LogP contribution is 2.36. The first-order valence-corrected chi connectivity index (χ1v) is 12.2. The number of anilines is 1. The van der Waals surface area contributed by atoms with Gasteiger partial charge in [-0.2, -0.15) is 5.10 Å². The van der Waals surface area contributed by atoms with Crippen LogP contribution in [-0.4, -0.2) is 34.1 Å². The van der Waals surface area contributed by atoms with Crippen LogP contribution in [0.15, 0.2) is 54.2 Å². The minimum absolute atomic E-state index is 0.00504. The van der Waals surface area contributed by atoms with Crippen LogP contribution in [0.2, 0.25) is 5.15 Å². The molecule has 2 atom stereocenters. The van der Waals surface area contributed by atoms with Crippen LogP contribution in [0.4, 0.5) is 5.69 Å². The maximum absolute atomic E-state index is 13.6. The number of nitrogens with one attached hydrogen (secondary N) is 1. The van der Waals surface area contributed by atoms with E-state index in [9.17, 15) is 4.79 Å². The van der Waals surface area contributed by atoms with Crippen molar-refractivity contribution >= 4 is 39.1 Å². The van der Waals surface area contributed by atoms with Gasteiger partial charge in [0, 0.05) is 35.8 Å². The minimum Gasteiger partial charge on any atom is -0.377 e. The molecule has 1 aliphatic heterocycles. The van der Waals surface area contributed by atoms with Crippen LogP contribution in [0.5, 0.6) is 0 Å². The highest BCUT2D eigenvalue weighted by molar-refractivity contribution is 6.29. The first-order valence-electron chi connectivity index (χ1n) is 11.8. The van der Waals surface area contributed by atoms with Gasteiger partial charge >= 0.3 is 0 Å². The van der Waals surface area contributed by atoms with Crippen LogP contribution in [0.25, 0.3) is 33.3 Å². The number of aromatic nitrogens is 7. The van der Waals surface area contributed by atoms with E-state index in [2.05, 4.69) is 45.1 Å². The lowest BCUT2D eigenvalue weighted by Gasteiger charge is -2.25. The van der Waals surface area contributed by atoms with E-state index in [0.29, 0.717) is 28.6 Å². The summed E-state index contributed by atoms with van der Waals surface area (Å²) in [7, 11) is 1.81. The van der Waals surface area contributed by atoms with Crippen LogP contribution >= 0.6 is 11.6 Å². The quantitative estimate of drug-likeness (QED) is 0.275. The predicted octanol–water partition coefficient (Wildman–Crippen LogP) is 4.81. The fourth-order valence-electron chi connectivity index (χ4n) is 5.20. The Hall–Kier alpha value is -3.98. The molecule has 5 heterocycles. The van der Waals surface area contributed by atoms with Crippen LogP contribution in [0, 0.1) is 6.92 Å². The first kappa shape index (κ1) is 22.5. The molecule has 6 rings (SSSR count). The average Bonchev–Trinajstić information content (AvgIpc) is 3.50. The molecule has 0 spiro atoms.